The molecule has 7 heteroatoms. The van der Waals surface area contributed by atoms with E-state index in [9.17, 15) is 14.7 Å². The van der Waals surface area contributed by atoms with Crippen LogP contribution in [0.3, 0.4) is 0 Å². The number of rotatable bonds is 7. The Morgan fingerprint density at radius 3 is 2.61 bits per heavy atom. The summed E-state index contributed by atoms with van der Waals surface area (Å²) < 4.78 is 7.73. The number of ketones is 1. The number of aromatic nitrogens is 2. The molecule has 0 radical (unpaired) electrons. The molecule has 2 aliphatic rings. The van der Waals surface area contributed by atoms with Gasteiger partial charge in [-0.25, -0.2) is 4.98 Å². The molecule has 2 aromatic carbocycles. The predicted octanol–water partition coefficient (Wildman–Crippen LogP) is 4.84. The summed E-state index contributed by atoms with van der Waals surface area (Å²) in [6.07, 6.45) is 6.77. The molecule has 36 heavy (non-hydrogen) atoms. The highest BCUT2D eigenvalue weighted by Crippen LogP contribution is 2.41. The molecule has 2 aliphatic heterocycles. The summed E-state index contributed by atoms with van der Waals surface area (Å²) in [6, 6.07) is 12.7. The van der Waals surface area contributed by atoms with E-state index in [1.54, 1.807) is 23.5 Å². The van der Waals surface area contributed by atoms with Gasteiger partial charge in [-0.2, -0.15) is 0 Å². The second kappa shape index (κ2) is 9.64. The number of carbonyl (C=O) groups is 2. The third kappa shape index (κ3) is 4.41. The molecular weight excluding hydrogens is 454 g/mol. The van der Waals surface area contributed by atoms with E-state index in [-0.39, 0.29) is 17.4 Å². The molecule has 0 bridgehead atoms. The molecule has 2 atom stereocenters. The van der Waals surface area contributed by atoms with Crippen molar-refractivity contribution in [2.24, 2.45) is 0 Å². The minimum atomic E-state index is -0.655. The lowest BCUT2D eigenvalue weighted by Crippen LogP contribution is -2.31. The van der Waals surface area contributed by atoms with Gasteiger partial charge in [0, 0.05) is 37.5 Å². The number of carbonyl (C=O) groups excluding carboxylic acids is 2. The van der Waals surface area contributed by atoms with Gasteiger partial charge in [-0.1, -0.05) is 38.1 Å². The summed E-state index contributed by atoms with van der Waals surface area (Å²) in [5.74, 6) is -0.237. The fourth-order valence-corrected chi connectivity index (χ4v) is 5.09. The number of nitrogens with zero attached hydrogens (tertiary/aromatic N) is 3. The van der Waals surface area contributed by atoms with Crippen molar-refractivity contribution in [2.45, 2.75) is 58.2 Å². The highest BCUT2D eigenvalue weighted by molar-refractivity contribution is 6.46. The molecular formula is C29H31N3O4. The van der Waals surface area contributed by atoms with Crippen LogP contribution in [0.15, 0.2) is 66.8 Å². The van der Waals surface area contributed by atoms with Crippen LogP contribution in [-0.4, -0.2) is 43.9 Å². The zero-order valence-electron chi connectivity index (χ0n) is 20.8. The van der Waals surface area contributed by atoms with E-state index in [0.717, 1.165) is 23.3 Å². The highest BCUT2D eigenvalue weighted by Gasteiger charge is 2.45. The lowest BCUT2D eigenvalue weighted by Gasteiger charge is -2.26. The molecule has 7 nitrogen and oxygen atoms in total. The fourth-order valence-electron chi connectivity index (χ4n) is 5.09. The molecule has 0 saturated carbocycles. The number of Topliss-reactive ketones (excluding diaryl/α,β-unsaturated/α-hetero) is 1. The summed E-state index contributed by atoms with van der Waals surface area (Å²) in [5.41, 5.74) is 3.61. The molecule has 1 saturated heterocycles. The lowest BCUT2D eigenvalue weighted by molar-refractivity contribution is -0.139. The van der Waals surface area contributed by atoms with Crippen molar-refractivity contribution < 1.29 is 19.4 Å². The maximum atomic E-state index is 13.3. The molecule has 1 fully saturated rings. The minimum absolute atomic E-state index is 0.0675. The van der Waals surface area contributed by atoms with E-state index in [1.165, 1.54) is 5.56 Å². The van der Waals surface area contributed by atoms with Gasteiger partial charge in [0.1, 0.15) is 17.6 Å². The zero-order valence-corrected chi connectivity index (χ0v) is 20.8. The number of aryl methyl sites for hydroxylation is 1. The van der Waals surface area contributed by atoms with E-state index in [2.05, 4.69) is 18.8 Å². The number of imidazole rings is 1. The number of hydrogen-bond acceptors (Lipinski definition) is 5. The molecule has 3 aromatic rings. The molecule has 1 N–H and O–H groups in total. The Morgan fingerprint density at radius 1 is 1.14 bits per heavy atom. The van der Waals surface area contributed by atoms with Gasteiger partial charge in [0.05, 0.1) is 17.9 Å². The van der Waals surface area contributed by atoms with Crippen LogP contribution in [0, 0.1) is 0 Å². The Bertz CT molecular complexity index is 1310. The molecule has 1 aromatic heterocycles. The molecule has 0 aliphatic carbocycles. The van der Waals surface area contributed by atoms with Gasteiger partial charge in [0.15, 0.2) is 0 Å². The average Bonchev–Trinajstić information content (AvgIpc) is 3.57. The minimum Gasteiger partial charge on any atom is -0.507 e. The van der Waals surface area contributed by atoms with Crippen LogP contribution in [0.25, 0.3) is 5.76 Å². The van der Waals surface area contributed by atoms with Crippen LogP contribution in [0.1, 0.15) is 61.4 Å². The zero-order chi connectivity index (χ0) is 25.4. The number of fused-ring (bicyclic) bond motifs is 1. The van der Waals surface area contributed by atoms with Crippen molar-refractivity contribution in [3.8, 4) is 5.75 Å². The van der Waals surface area contributed by atoms with Crippen molar-refractivity contribution in [1.82, 2.24) is 14.5 Å². The van der Waals surface area contributed by atoms with Crippen LogP contribution >= 0.6 is 0 Å². The van der Waals surface area contributed by atoms with Gasteiger partial charge in [0.25, 0.3) is 11.7 Å². The maximum absolute atomic E-state index is 13.3. The van der Waals surface area contributed by atoms with Gasteiger partial charge in [-0.3, -0.25) is 9.59 Å². The normalized spacial score (nSPS) is 20.7. The summed E-state index contributed by atoms with van der Waals surface area (Å²) in [5, 5.41) is 11.4. The SMILES string of the molecule is CC(C)c1ccc([C@@H]2/C(=C(\O)c3ccc4c(c3)C[C@@H](C)O4)C(=O)C(=O)N2CCCn2ccnc2)cc1. The van der Waals surface area contributed by atoms with Gasteiger partial charge in [0.2, 0.25) is 0 Å². The molecule has 0 unspecified atom stereocenters. The smallest absolute Gasteiger partial charge is 0.295 e. The summed E-state index contributed by atoms with van der Waals surface area (Å²) >= 11 is 0. The van der Waals surface area contributed by atoms with E-state index < -0.39 is 17.7 Å². The second-order valence-corrected chi connectivity index (χ2v) is 9.92. The van der Waals surface area contributed by atoms with Crippen LogP contribution in [-0.2, 0) is 22.6 Å². The van der Waals surface area contributed by atoms with Crippen LogP contribution in [0.2, 0.25) is 0 Å². The Labute approximate surface area is 211 Å². The number of ether oxygens (including phenoxy) is 1. The maximum Gasteiger partial charge on any atom is 0.295 e. The lowest BCUT2D eigenvalue weighted by atomic mass is 9.92. The third-order valence-electron chi connectivity index (χ3n) is 7.00. The number of benzene rings is 2. The molecule has 1 amide bonds. The van der Waals surface area contributed by atoms with E-state index in [4.69, 9.17) is 4.74 Å². The van der Waals surface area contributed by atoms with Crippen molar-refractivity contribution >= 4 is 17.4 Å². The van der Waals surface area contributed by atoms with Gasteiger partial charge >= 0.3 is 0 Å². The van der Waals surface area contributed by atoms with Crippen molar-refractivity contribution in [3.63, 3.8) is 0 Å². The molecule has 186 valence electrons. The number of aliphatic hydroxyl groups excluding tert-OH is 1. The van der Waals surface area contributed by atoms with Crippen LogP contribution in [0.5, 0.6) is 5.75 Å². The number of likely N-dealkylation sites (tertiary alicyclic amines) is 1. The van der Waals surface area contributed by atoms with Crippen molar-refractivity contribution in [2.75, 3.05) is 6.54 Å². The molecule has 3 heterocycles. The van der Waals surface area contributed by atoms with Crippen LogP contribution < -0.4 is 4.74 Å². The quantitative estimate of drug-likeness (QED) is 0.294. The Morgan fingerprint density at radius 2 is 1.92 bits per heavy atom. The number of amides is 1. The van der Waals surface area contributed by atoms with Gasteiger partial charge < -0.3 is 19.3 Å². The highest BCUT2D eigenvalue weighted by atomic mass is 16.5. The first-order valence-corrected chi connectivity index (χ1v) is 12.5. The van der Waals surface area contributed by atoms with E-state index in [1.807, 2.05) is 54.1 Å². The summed E-state index contributed by atoms with van der Waals surface area (Å²) in [7, 11) is 0. The number of hydrogen-bond donors (Lipinski definition) is 1. The first-order chi connectivity index (χ1) is 17.3. The third-order valence-corrected chi connectivity index (χ3v) is 7.00. The van der Waals surface area contributed by atoms with Gasteiger partial charge in [-0.15, -0.1) is 0 Å². The summed E-state index contributed by atoms with van der Waals surface area (Å²) in [4.78, 5) is 32.2. The Balaban J connectivity index is 1.53. The molecule has 0 spiro atoms. The topological polar surface area (TPSA) is 84.7 Å². The first kappa shape index (κ1) is 23.9. The Hall–Kier alpha value is -3.87. The van der Waals surface area contributed by atoms with Crippen molar-refractivity contribution in [3.05, 3.63) is 89.0 Å². The standard InChI is InChI=1S/C29H31N3O4/c1-18(2)20-5-7-21(8-6-20)26-25(27(33)22-9-10-24-23(16-22)15-19(3)36-24)28(34)29(35)32(26)13-4-12-31-14-11-30-17-31/h5-11,14,16-19,26,33H,4,12-13,15H2,1-3H3/b27-25+/t19-,26-/m1/s1. The Kier molecular flexibility index (Phi) is 6.39. The second-order valence-electron chi connectivity index (χ2n) is 9.92. The van der Waals surface area contributed by atoms with Gasteiger partial charge in [-0.05, 0) is 54.2 Å². The fraction of sp³-hybridized carbons (Fsp3) is 0.345. The predicted molar refractivity (Wildman–Crippen MR) is 137 cm³/mol. The first-order valence-electron chi connectivity index (χ1n) is 12.5. The largest absolute Gasteiger partial charge is 0.507 e. The van der Waals surface area contributed by atoms with E-state index >= 15 is 0 Å². The van der Waals surface area contributed by atoms with Crippen molar-refractivity contribution in [1.29, 1.82) is 0 Å². The average molecular weight is 486 g/mol. The van der Waals surface area contributed by atoms with Crippen LogP contribution in [0.4, 0.5) is 0 Å². The summed E-state index contributed by atoms with van der Waals surface area (Å²) in [6.45, 7) is 7.29. The number of aliphatic hydroxyl groups is 1. The molecule has 5 rings (SSSR count). The van der Waals surface area contributed by atoms with E-state index in [0.29, 0.717) is 31.0 Å². The monoisotopic (exact) mass is 485 g/mol.